The van der Waals surface area contributed by atoms with Gasteiger partial charge in [-0.3, -0.25) is 4.79 Å². The highest BCUT2D eigenvalue weighted by Gasteiger charge is 2.21. The molecule has 3 amide bonds. The molecule has 0 spiro atoms. The molecule has 1 fully saturated rings. The number of carbonyl (C=O) groups excluding carboxylic acids is 2. The van der Waals surface area contributed by atoms with E-state index in [0.29, 0.717) is 23.7 Å². The van der Waals surface area contributed by atoms with Crippen molar-refractivity contribution in [3.63, 3.8) is 0 Å². The van der Waals surface area contributed by atoms with Gasteiger partial charge in [-0.25, -0.2) is 9.78 Å². The second-order valence-electron chi connectivity index (χ2n) is 7.09. The van der Waals surface area contributed by atoms with Gasteiger partial charge in [0, 0.05) is 49.8 Å². The summed E-state index contributed by atoms with van der Waals surface area (Å²) in [6, 6.07) is 6.84. The first-order chi connectivity index (χ1) is 13.1. The maximum absolute atomic E-state index is 12.5. The zero-order valence-electron chi connectivity index (χ0n) is 15.7. The summed E-state index contributed by atoms with van der Waals surface area (Å²) in [6.45, 7) is 5.26. The smallest absolute Gasteiger partial charge is 0.319 e. The fraction of sp³-hybridized carbons (Fsp3) is 0.450. The Hall–Kier alpha value is -2.83. The van der Waals surface area contributed by atoms with Crippen molar-refractivity contribution in [2.24, 2.45) is 5.92 Å². The van der Waals surface area contributed by atoms with Gasteiger partial charge >= 0.3 is 6.03 Å². The summed E-state index contributed by atoms with van der Waals surface area (Å²) >= 11 is 0. The van der Waals surface area contributed by atoms with Gasteiger partial charge < -0.3 is 20.1 Å². The quantitative estimate of drug-likeness (QED) is 0.769. The van der Waals surface area contributed by atoms with Crippen molar-refractivity contribution in [1.29, 1.82) is 0 Å². The Morgan fingerprint density at radius 3 is 2.59 bits per heavy atom. The lowest BCUT2D eigenvalue weighted by Gasteiger charge is -2.30. The second-order valence-corrected chi connectivity index (χ2v) is 7.09. The molecule has 0 atom stereocenters. The van der Waals surface area contributed by atoms with Crippen LogP contribution in [0.2, 0.25) is 0 Å². The van der Waals surface area contributed by atoms with Crippen LogP contribution in [0.3, 0.4) is 0 Å². The summed E-state index contributed by atoms with van der Waals surface area (Å²) in [6.07, 6.45) is 8.34. The van der Waals surface area contributed by atoms with Crippen LogP contribution in [0.5, 0.6) is 0 Å². The minimum atomic E-state index is -0.246. The van der Waals surface area contributed by atoms with Crippen LogP contribution >= 0.6 is 0 Å². The summed E-state index contributed by atoms with van der Waals surface area (Å²) in [5.41, 5.74) is 1.33. The number of anilines is 1. The number of piperidine rings is 1. The molecule has 1 aromatic heterocycles. The van der Waals surface area contributed by atoms with Crippen LogP contribution < -0.4 is 10.6 Å². The molecule has 3 rings (SSSR count). The number of urea groups is 1. The van der Waals surface area contributed by atoms with Gasteiger partial charge in [0.2, 0.25) is 0 Å². The van der Waals surface area contributed by atoms with Crippen molar-refractivity contribution >= 4 is 17.6 Å². The highest BCUT2D eigenvalue weighted by atomic mass is 16.2. The molecular weight excluding hydrogens is 342 g/mol. The van der Waals surface area contributed by atoms with Crippen molar-refractivity contribution < 1.29 is 9.59 Å². The van der Waals surface area contributed by atoms with Crippen LogP contribution in [0.1, 0.15) is 36.5 Å². The molecule has 2 N–H and O–H groups in total. The number of nitrogens with zero attached hydrogens (tertiary/aromatic N) is 3. The zero-order valence-corrected chi connectivity index (χ0v) is 15.7. The Kier molecular flexibility index (Phi) is 6.46. The molecule has 2 heterocycles. The maximum atomic E-state index is 12.5. The third-order valence-corrected chi connectivity index (χ3v) is 4.90. The van der Waals surface area contributed by atoms with Crippen LogP contribution in [-0.2, 0) is 6.54 Å². The molecule has 0 aliphatic carbocycles. The fourth-order valence-electron chi connectivity index (χ4n) is 3.15. The van der Waals surface area contributed by atoms with Crippen molar-refractivity contribution in [2.75, 3.05) is 25.0 Å². The topological polar surface area (TPSA) is 79.3 Å². The van der Waals surface area contributed by atoms with Crippen LogP contribution in [0, 0.1) is 5.92 Å². The van der Waals surface area contributed by atoms with E-state index >= 15 is 0 Å². The summed E-state index contributed by atoms with van der Waals surface area (Å²) < 4.78 is 1.97. The highest BCUT2D eigenvalue weighted by molar-refractivity contribution is 5.95. The van der Waals surface area contributed by atoms with Crippen molar-refractivity contribution in [1.82, 2.24) is 19.8 Å². The third kappa shape index (κ3) is 5.57. The Balaban J connectivity index is 1.41. The Bertz CT molecular complexity index is 734. The fourth-order valence-corrected chi connectivity index (χ4v) is 3.15. The Morgan fingerprint density at radius 1 is 1.19 bits per heavy atom. The number of carbonyl (C=O) groups is 2. The van der Waals surface area contributed by atoms with Crippen molar-refractivity contribution in [2.45, 2.75) is 32.7 Å². The van der Waals surface area contributed by atoms with E-state index < -0.39 is 0 Å². The van der Waals surface area contributed by atoms with Gasteiger partial charge in [-0.05, 0) is 49.4 Å². The van der Waals surface area contributed by atoms with Crippen LogP contribution in [0.15, 0.2) is 43.0 Å². The molecule has 7 heteroatoms. The maximum Gasteiger partial charge on any atom is 0.319 e. The normalized spacial score (nSPS) is 14.8. The van der Waals surface area contributed by atoms with E-state index in [1.807, 2.05) is 15.7 Å². The molecule has 1 aliphatic heterocycles. The first-order valence-corrected chi connectivity index (χ1v) is 9.52. The van der Waals surface area contributed by atoms with Crippen molar-refractivity contribution in [3.05, 3.63) is 48.5 Å². The number of hydrogen-bond acceptors (Lipinski definition) is 3. The number of hydrogen-bond donors (Lipinski definition) is 2. The standard InChI is InChI=1S/C20H27N5O2/c1-16-7-12-25(13-8-16)19(26)17-3-5-18(6-4-17)23-20(27)22-9-2-11-24-14-10-21-15-24/h3-6,10,14-16H,2,7-9,11-13H2,1H3,(H2,22,23,27). The highest BCUT2D eigenvalue weighted by Crippen LogP contribution is 2.19. The van der Waals surface area contributed by atoms with E-state index in [1.165, 1.54) is 0 Å². The summed E-state index contributed by atoms with van der Waals surface area (Å²) in [5.74, 6) is 0.761. The SMILES string of the molecule is CC1CCN(C(=O)c2ccc(NC(=O)NCCCn3ccnc3)cc2)CC1. The third-order valence-electron chi connectivity index (χ3n) is 4.90. The Labute approximate surface area is 159 Å². The summed E-state index contributed by atoms with van der Waals surface area (Å²) in [5, 5.41) is 5.62. The van der Waals surface area contributed by atoms with Gasteiger partial charge in [-0.2, -0.15) is 0 Å². The van der Waals surface area contributed by atoms with Gasteiger partial charge in [-0.1, -0.05) is 6.92 Å². The number of rotatable bonds is 6. The average Bonchev–Trinajstić information content (AvgIpc) is 3.19. The first-order valence-electron chi connectivity index (χ1n) is 9.52. The second kappa shape index (κ2) is 9.21. The lowest BCUT2D eigenvalue weighted by atomic mass is 9.98. The largest absolute Gasteiger partial charge is 0.339 e. The van der Waals surface area contributed by atoms with E-state index in [9.17, 15) is 9.59 Å². The van der Waals surface area contributed by atoms with E-state index in [1.54, 1.807) is 36.8 Å². The molecule has 0 saturated carbocycles. The van der Waals surface area contributed by atoms with Crippen molar-refractivity contribution in [3.8, 4) is 0 Å². The molecule has 1 aliphatic rings. The minimum absolute atomic E-state index is 0.0670. The molecule has 0 radical (unpaired) electrons. The van der Waals surface area contributed by atoms with Crippen LogP contribution in [0.25, 0.3) is 0 Å². The molecule has 144 valence electrons. The number of amides is 3. The summed E-state index contributed by atoms with van der Waals surface area (Å²) in [7, 11) is 0. The van der Waals surface area contributed by atoms with Gasteiger partial charge in [0.15, 0.2) is 0 Å². The van der Waals surface area contributed by atoms with Crippen LogP contribution in [-0.4, -0.2) is 46.0 Å². The number of benzene rings is 1. The van der Waals surface area contributed by atoms with Gasteiger partial charge in [0.05, 0.1) is 6.33 Å². The monoisotopic (exact) mass is 369 g/mol. The zero-order chi connectivity index (χ0) is 19.1. The number of likely N-dealkylation sites (tertiary alicyclic amines) is 1. The number of aromatic nitrogens is 2. The number of aryl methyl sites for hydroxylation is 1. The molecule has 7 nitrogen and oxygen atoms in total. The lowest BCUT2D eigenvalue weighted by Crippen LogP contribution is -2.37. The molecule has 2 aromatic rings. The first kappa shape index (κ1) is 18.9. The number of nitrogens with one attached hydrogen (secondary N) is 2. The van der Waals surface area contributed by atoms with Crippen LogP contribution in [0.4, 0.5) is 10.5 Å². The van der Waals surface area contributed by atoms with Gasteiger partial charge in [0.1, 0.15) is 0 Å². The lowest BCUT2D eigenvalue weighted by molar-refractivity contribution is 0.0697. The predicted octanol–water partition coefficient (Wildman–Crippen LogP) is 2.97. The van der Waals surface area contributed by atoms with E-state index in [2.05, 4.69) is 22.5 Å². The summed E-state index contributed by atoms with van der Waals surface area (Å²) in [4.78, 5) is 30.4. The van der Waals surface area contributed by atoms with E-state index in [4.69, 9.17) is 0 Å². The minimum Gasteiger partial charge on any atom is -0.339 e. The molecule has 0 bridgehead atoms. The molecule has 1 aromatic carbocycles. The molecular formula is C20H27N5O2. The van der Waals surface area contributed by atoms with E-state index in [0.717, 1.165) is 38.9 Å². The average molecular weight is 369 g/mol. The molecule has 0 unspecified atom stereocenters. The number of imidazole rings is 1. The van der Waals surface area contributed by atoms with E-state index in [-0.39, 0.29) is 11.9 Å². The van der Waals surface area contributed by atoms with Gasteiger partial charge in [0.25, 0.3) is 5.91 Å². The predicted molar refractivity (Wildman–Crippen MR) is 105 cm³/mol. The molecule has 1 saturated heterocycles. The molecule has 27 heavy (non-hydrogen) atoms. The Morgan fingerprint density at radius 2 is 1.93 bits per heavy atom. The van der Waals surface area contributed by atoms with Gasteiger partial charge in [-0.15, -0.1) is 0 Å².